The number of aromatic hydroxyl groups is 1. The first-order valence-electron chi connectivity index (χ1n) is 6.75. The van der Waals surface area contributed by atoms with Gasteiger partial charge in [-0.3, -0.25) is 4.79 Å². The highest BCUT2D eigenvalue weighted by atomic mass is 35.5. The van der Waals surface area contributed by atoms with E-state index in [1.807, 2.05) is 0 Å². The van der Waals surface area contributed by atoms with Gasteiger partial charge in [-0.2, -0.15) is 0 Å². The maximum absolute atomic E-state index is 12.2. The third kappa shape index (κ3) is 3.63. The first-order chi connectivity index (χ1) is 8.95. The van der Waals surface area contributed by atoms with Crippen LogP contribution in [0.4, 0.5) is 0 Å². The number of carbonyl (C=O) groups is 1. The van der Waals surface area contributed by atoms with Crippen molar-refractivity contribution >= 4 is 17.5 Å². The molecule has 0 aromatic heterocycles. The van der Waals surface area contributed by atoms with Crippen LogP contribution in [-0.2, 0) is 0 Å². The topological polar surface area (TPSA) is 49.3 Å². The van der Waals surface area contributed by atoms with Gasteiger partial charge in [-0.15, -0.1) is 0 Å². The van der Waals surface area contributed by atoms with Crippen LogP contribution in [0.15, 0.2) is 18.2 Å². The Morgan fingerprint density at radius 2 is 1.89 bits per heavy atom. The molecule has 0 spiro atoms. The molecule has 0 radical (unpaired) electrons. The van der Waals surface area contributed by atoms with E-state index in [1.165, 1.54) is 24.6 Å². The molecule has 3 nitrogen and oxygen atoms in total. The molecule has 0 heterocycles. The van der Waals surface area contributed by atoms with Crippen LogP contribution in [0.3, 0.4) is 0 Å². The van der Waals surface area contributed by atoms with E-state index in [0.29, 0.717) is 22.4 Å². The van der Waals surface area contributed by atoms with E-state index >= 15 is 0 Å². The summed E-state index contributed by atoms with van der Waals surface area (Å²) in [6.07, 6.45) is 3.23. The lowest BCUT2D eigenvalue weighted by molar-refractivity contribution is 0.0911. The minimum atomic E-state index is -0.202. The summed E-state index contributed by atoms with van der Waals surface area (Å²) in [4.78, 5) is 12.2. The second-order valence-corrected chi connectivity index (χ2v) is 6.16. The largest absolute Gasteiger partial charge is 0.508 e. The Morgan fingerprint density at radius 3 is 2.53 bits per heavy atom. The summed E-state index contributed by atoms with van der Waals surface area (Å²) in [7, 11) is 0. The van der Waals surface area contributed by atoms with Crippen LogP contribution in [0, 0.1) is 11.8 Å². The molecule has 1 aromatic rings. The Kier molecular flexibility index (Phi) is 4.35. The molecule has 2 N–H and O–H groups in total. The van der Waals surface area contributed by atoms with Gasteiger partial charge in [-0.25, -0.2) is 0 Å². The number of carbonyl (C=O) groups excluding carboxylic acids is 1. The van der Waals surface area contributed by atoms with Crippen LogP contribution in [0.5, 0.6) is 5.75 Å². The zero-order valence-electron chi connectivity index (χ0n) is 11.3. The Bertz CT molecular complexity index is 465. The highest BCUT2D eigenvalue weighted by Crippen LogP contribution is 2.29. The molecule has 4 heteroatoms. The van der Waals surface area contributed by atoms with E-state index in [4.69, 9.17) is 11.6 Å². The van der Waals surface area contributed by atoms with E-state index < -0.39 is 0 Å². The number of nitrogens with one attached hydrogen (secondary N) is 1. The van der Waals surface area contributed by atoms with Gasteiger partial charge < -0.3 is 10.4 Å². The van der Waals surface area contributed by atoms with E-state index in [2.05, 4.69) is 19.2 Å². The Labute approximate surface area is 119 Å². The molecule has 104 valence electrons. The quantitative estimate of drug-likeness (QED) is 0.870. The normalized spacial score (nSPS) is 27.0. The summed E-state index contributed by atoms with van der Waals surface area (Å²) in [5.41, 5.74) is 0.340. The monoisotopic (exact) mass is 281 g/mol. The third-order valence-corrected chi connectivity index (χ3v) is 4.04. The minimum absolute atomic E-state index is 0.0555. The van der Waals surface area contributed by atoms with E-state index in [-0.39, 0.29) is 17.7 Å². The summed E-state index contributed by atoms with van der Waals surface area (Å²) in [5.74, 6) is 1.12. The predicted molar refractivity (Wildman–Crippen MR) is 76.6 cm³/mol. The van der Waals surface area contributed by atoms with Gasteiger partial charge in [0.2, 0.25) is 0 Å². The molecule has 19 heavy (non-hydrogen) atoms. The number of rotatable bonds is 2. The van der Waals surface area contributed by atoms with Crippen LogP contribution >= 0.6 is 11.6 Å². The third-order valence-electron chi connectivity index (χ3n) is 3.71. The van der Waals surface area contributed by atoms with Gasteiger partial charge in [0.05, 0.1) is 10.6 Å². The van der Waals surface area contributed by atoms with E-state index in [1.54, 1.807) is 0 Å². The molecule has 1 saturated carbocycles. The predicted octanol–water partition coefficient (Wildman–Crippen LogP) is 3.60. The molecule has 1 aliphatic carbocycles. The van der Waals surface area contributed by atoms with Crippen molar-refractivity contribution in [2.45, 2.75) is 39.2 Å². The van der Waals surface area contributed by atoms with E-state index in [0.717, 1.165) is 12.8 Å². The molecule has 1 aliphatic rings. The second-order valence-electron chi connectivity index (χ2n) is 5.75. The Hall–Kier alpha value is -1.22. The van der Waals surface area contributed by atoms with Crippen molar-refractivity contribution in [3.8, 4) is 5.75 Å². The molecule has 2 unspecified atom stereocenters. The second kappa shape index (κ2) is 5.83. The smallest absolute Gasteiger partial charge is 0.253 e. The zero-order valence-corrected chi connectivity index (χ0v) is 12.1. The van der Waals surface area contributed by atoms with Crippen LogP contribution < -0.4 is 5.32 Å². The van der Waals surface area contributed by atoms with Crippen molar-refractivity contribution < 1.29 is 9.90 Å². The van der Waals surface area contributed by atoms with Gasteiger partial charge in [-0.05, 0) is 49.3 Å². The Balaban J connectivity index is 2.06. The van der Waals surface area contributed by atoms with E-state index in [9.17, 15) is 9.90 Å². The van der Waals surface area contributed by atoms with Crippen molar-refractivity contribution in [2.24, 2.45) is 11.8 Å². The minimum Gasteiger partial charge on any atom is -0.508 e. The lowest BCUT2D eigenvalue weighted by atomic mass is 9.80. The maximum Gasteiger partial charge on any atom is 0.253 e. The number of benzene rings is 1. The number of hydrogen-bond donors (Lipinski definition) is 2. The highest BCUT2D eigenvalue weighted by Gasteiger charge is 2.25. The summed E-state index contributed by atoms with van der Waals surface area (Å²) < 4.78 is 0. The fraction of sp³-hybridized carbons (Fsp3) is 0.533. The van der Waals surface area contributed by atoms with Gasteiger partial charge in [0.1, 0.15) is 5.75 Å². The van der Waals surface area contributed by atoms with Gasteiger partial charge in [0.25, 0.3) is 5.91 Å². The highest BCUT2D eigenvalue weighted by molar-refractivity contribution is 6.33. The zero-order chi connectivity index (χ0) is 14.0. The molecule has 2 rings (SSSR count). The fourth-order valence-corrected chi connectivity index (χ4v) is 3.22. The standard InChI is InChI=1S/C15H20ClNO2/c1-9-5-10(2)7-11(6-9)17-15(19)13-8-12(18)3-4-14(13)16/h3-4,8-11,18H,5-7H2,1-2H3,(H,17,19). The number of phenolic OH excluding ortho intramolecular Hbond substituents is 1. The van der Waals surface area contributed by atoms with Crippen LogP contribution in [0.1, 0.15) is 43.5 Å². The summed E-state index contributed by atoms with van der Waals surface area (Å²) in [6, 6.07) is 4.62. The number of amides is 1. The van der Waals surface area contributed by atoms with Crippen molar-refractivity contribution in [1.29, 1.82) is 0 Å². The Morgan fingerprint density at radius 1 is 1.26 bits per heavy atom. The van der Waals surface area contributed by atoms with Crippen LogP contribution in [0.2, 0.25) is 5.02 Å². The van der Waals surface area contributed by atoms with Crippen molar-refractivity contribution in [1.82, 2.24) is 5.32 Å². The molecule has 1 aromatic carbocycles. The van der Waals surface area contributed by atoms with Gasteiger partial charge >= 0.3 is 0 Å². The molecule has 2 atom stereocenters. The summed E-state index contributed by atoms with van der Waals surface area (Å²) >= 11 is 5.99. The first kappa shape index (κ1) is 14.2. The van der Waals surface area contributed by atoms with Crippen molar-refractivity contribution in [3.63, 3.8) is 0 Å². The first-order valence-corrected chi connectivity index (χ1v) is 7.13. The van der Waals surface area contributed by atoms with Gasteiger partial charge in [0, 0.05) is 6.04 Å². The average Bonchev–Trinajstić information content (AvgIpc) is 2.30. The molecule has 1 amide bonds. The fourth-order valence-electron chi connectivity index (χ4n) is 3.02. The van der Waals surface area contributed by atoms with Gasteiger partial charge in [-0.1, -0.05) is 25.4 Å². The lowest BCUT2D eigenvalue weighted by Crippen LogP contribution is -2.40. The molecule has 0 aliphatic heterocycles. The van der Waals surface area contributed by atoms with Crippen LogP contribution in [0.25, 0.3) is 0 Å². The average molecular weight is 282 g/mol. The summed E-state index contributed by atoms with van der Waals surface area (Å²) in [5, 5.41) is 12.8. The molecule has 0 saturated heterocycles. The molecule has 0 bridgehead atoms. The molecular formula is C15H20ClNO2. The summed E-state index contributed by atoms with van der Waals surface area (Å²) in [6.45, 7) is 4.44. The number of halogens is 1. The van der Waals surface area contributed by atoms with Crippen LogP contribution in [-0.4, -0.2) is 17.1 Å². The number of phenols is 1. The van der Waals surface area contributed by atoms with Crippen molar-refractivity contribution in [2.75, 3.05) is 0 Å². The lowest BCUT2D eigenvalue weighted by Gasteiger charge is -2.32. The SMILES string of the molecule is CC1CC(C)CC(NC(=O)c2cc(O)ccc2Cl)C1. The maximum atomic E-state index is 12.2. The molecular weight excluding hydrogens is 262 g/mol. The number of hydrogen-bond acceptors (Lipinski definition) is 2. The molecule has 1 fully saturated rings. The van der Waals surface area contributed by atoms with Crippen molar-refractivity contribution in [3.05, 3.63) is 28.8 Å². The van der Waals surface area contributed by atoms with Gasteiger partial charge in [0.15, 0.2) is 0 Å².